The summed E-state index contributed by atoms with van der Waals surface area (Å²) in [7, 11) is 0. The number of nitrogens with one attached hydrogen (secondary N) is 1. The van der Waals surface area contributed by atoms with Crippen molar-refractivity contribution in [3.05, 3.63) is 58.4 Å². The Hall–Kier alpha value is -3.01. The Morgan fingerprint density at radius 2 is 1.82 bits per heavy atom. The Labute approximate surface area is 157 Å². The van der Waals surface area contributed by atoms with Crippen LogP contribution in [0.25, 0.3) is 11.2 Å². The van der Waals surface area contributed by atoms with E-state index in [1.807, 2.05) is 4.90 Å². The maximum absolute atomic E-state index is 13.4. The molecule has 0 amide bonds. The number of anilines is 1. The highest BCUT2D eigenvalue weighted by molar-refractivity contribution is 5.75. The van der Waals surface area contributed by atoms with Crippen molar-refractivity contribution in [1.29, 1.82) is 0 Å². The minimum atomic E-state index is -4.56. The van der Waals surface area contributed by atoms with E-state index in [9.17, 15) is 18.0 Å². The number of hydrogen-bond acceptors (Lipinski definition) is 6. The second-order valence-electron chi connectivity index (χ2n) is 6.42. The quantitative estimate of drug-likeness (QED) is 0.733. The molecule has 3 aromatic heterocycles. The van der Waals surface area contributed by atoms with Gasteiger partial charge in [0.1, 0.15) is 11.2 Å². The van der Waals surface area contributed by atoms with Crippen molar-refractivity contribution in [3.8, 4) is 0 Å². The fraction of sp³-hybridized carbons (Fsp3) is 0.333. The smallest absolute Gasteiger partial charge is 0.364 e. The number of alkyl halides is 3. The number of halogens is 3. The molecule has 0 radical (unpaired) electrons. The van der Waals surface area contributed by atoms with Crippen LogP contribution in [0.4, 0.5) is 18.9 Å². The van der Waals surface area contributed by atoms with Crippen LogP contribution in [0.2, 0.25) is 0 Å². The molecule has 7 nitrogen and oxygen atoms in total. The number of pyridine rings is 2. The molecule has 1 N–H and O–H groups in total. The van der Waals surface area contributed by atoms with Gasteiger partial charge in [-0.25, -0.2) is 4.98 Å². The van der Waals surface area contributed by atoms with E-state index < -0.39 is 17.3 Å². The van der Waals surface area contributed by atoms with Gasteiger partial charge in [0.15, 0.2) is 5.65 Å². The SMILES string of the molecule is O=c1c(N2CCNCC2)cc2nccnc2n1Cc1ncccc1C(F)(F)F. The number of fused-ring (bicyclic) bond motifs is 1. The third-order valence-electron chi connectivity index (χ3n) is 4.66. The molecule has 10 heteroatoms. The second kappa shape index (κ2) is 7.19. The first kappa shape index (κ1) is 18.4. The van der Waals surface area contributed by atoms with Gasteiger partial charge in [-0.05, 0) is 18.2 Å². The van der Waals surface area contributed by atoms with Gasteiger partial charge >= 0.3 is 6.18 Å². The molecule has 1 saturated heterocycles. The van der Waals surface area contributed by atoms with E-state index >= 15 is 0 Å². The highest BCUT2D eigenvalue weighted by Gasteiger charge is 2.34. The first-order chi connectivity index (χ1) is 13.4. The van der Waals surface area contributed by atoms with Crippen LogP contribution in [0.1, 0.15) is 11.3 Å². The molecule has 0 aliphatic carbocycles. The zero-order chi connectivity index (χ0) is 19.7. The highest BCUT2D eigenvalue weighted by atomic mass is 19.4. The van der Waals surface area contributed by atoms with E-state index in [4.69, 9.17) is 0 Å². The lowest BCUT2D eigenvalue weighted by Crippen LogP contribution is -2.46. The molecule has 1 aliphatic rings. The van der Waals surface area contributed by atoms with Gasteiger partial charge in [-0.15, -0.1) is 0 Å². The molecule has 4 rings (SSSR count). The van der Waals surface area contributed by atoms with Crippen molar-refractivity contribution in [2.75, 3.05) is 31.1 Å². The maximum Gasteiger partial charge on any atom is 0.418 e. The molecular weight excluding hydrogens is 373 g/mol. The van der Waals surface area contributed by atoms with Crippen LogP contribution in [0, 0.1) is 0 Å². The largest absolute Gasteiger partial charge is 0.418 e. The Bertz CT molecular complexity index is 1060. The lowest BCUT2D eigenvalue weighted by molar-refractivity contribution is -0.138. The normalized spacial score (nSPS) is 15.2. The topological polar surface area (TPSA) is 75.9 Å². The lowest BCUT2D eigenvalue weighted by Gasteiger charge is -2.29. The Kier molecular flexibility index (Phi) is 4.71. The summed E-state index contributed by atoms with van der Waals surface area (Å²) in [5.41, 5.74) is -0.439. The van der Waals surface area contributed by atoms with Gasteiger partial charge < -0.3 is 10.2 Å². The first-order valence-electron chi connectivity index (χ1n) is 8.76. The van der Waals surface area contributed by atoms with Gasteiger partial charge in [0.05, 0.1) is 17.8 Å². The van der Waals surface area contributed by atoms with Crippen LogP contribution in [0.5, 0.6) is 0 Å². The lowest BCUT2D eigenvalue weighted by atomic mass is 10.1. The summed E-state index contributed by atoms with van der Waals surface area (Å²) in [6.07, 6.45) is -0.388. The molecule has 0 spiro atoms. The van der Waals surface area contributed by atoms with Crippen molar-refractivity contribution in [3.63, 3.8) is 0 Å². The number of hydrogen-bond donors (Lipinski definition) is 1. The molecule has 0 unspecified atom stereocenters. The van der Waals surface area contributed by atoms with Gasteiger partial charge in [-0.2, -0.15) is 13.2 Å². The number of nitrogens with zero attached hydrogens (tertiary/aromatic N) is 5. The summed E-state index contributed by atoms with van der Waals surface area (Å²) in [6.45, 7) is 2.34. The predicted molar refractivity (Wildman–Crippen MR) is 97.2 cm³/mol. The molecule has 3 aromatic rings. The average Bonchev–Trinajstić information content (AvgIpc) is 2.70. The molecule has 1 aliphatic heterocycles. The molecule has 0 bridgehead atoms. The van der Waals surface area contributed by atoms with Gasteiger partial charge in [-0.3, -0.25) is 19.3 Å². The van der Waals surface area contributed by atoms with Crippen LogP contribution in [0.15, 0.2) is 41.6 Å². The summed E-state index contributed by atoms with van der Waals surface area (Å²) < 4.78 is 41.3. The first-order valence-corrected chi connectivity index (χ1v) is 8.76. The van der Waals surface area contributed by atoms with Crippen molar-refractivity contribution in [2.45, 2.75) is 12.7 Å². The third kappa shape index (κ3) is 3.42. The molecule has 0 aromatic carbocycles. The van der Waals surface area contributed by atoms with E-state index in [0.29, 0.717) is 24.3 Å². The average molecular weight is 390 g/mol. The maximum atomic E-state index is 13.4. The van der Waals surface area contributed by atoms with E-state index in [-0.39, 0.29) is 17.9 Å². The standard InChI is InChI=1S/C18H17F3N6O/c19-18(20,21)12-2-1-3-23-14(12)11-27-16-13(24-4-5-25-16)10-15(17(27)28)26-8-6-22-7-9-26/h1-5,10,22H,6-9,11H2. The molecule has 0 saturated carbocycles. The van der Waals surface area contributed by atoms with Gasteiger partial charge in [-0.1, -0.05) is 0 Å². The summed E-state index contributed by atoms with van der Waals surface area (Å²) in [5, 5.41) is 3.21. The van der Waals surface area contributed by atoms with E-state index in [2.05, 4.69) is 20.3 Å². The second-order valence-corrected chi connectivity index (χ2v) is 6.42. The third-order valence-corrected chi connectivity index (χ3v) is 4.66. The minimum Gasteiger partial charge on any atom is -0.364 e. The Morgan fingerprint density at radius 3 is 2.57 bits per heavy atom. The zero-order valence-corrected chi connectivity index (χ0v) is 14.8. The number of rotatable bonds is 3. The van der Waals surface area contributed by atoms with Gasteiger partial charge in [0.25, 0.3) is 5.56 Å². The highest BCUT2D eigenvalue weighted by Crippen LogP contribution is 2.31. The monoisotopic (exact) mass is 390 g/mol. The van der Waals surface area contributed by atoms with E-state index in [1.54, 1.807) is 6.07 Å². The predicted octanol–water partition coefficient (Wildman–Crippen LogP) is 1.66. The van der Waals surface area contributed by atoms with Crippen LogP contribution in [0.3, 0.4) is 0 Å². The molecule has 4 heterocycles. The molecule has 0 atom stereocenters. The molecule has 146 valence electrons. The molecular formula is C18H17F3N6O. The van der Waals surface area contributed by atoms with Crippen molar-refractivity contribution >= 4 is 16.9 Å². The molecule has 28 heavy (non-hydrogen) atoms. The van der Waals surface area contributed by atoms with E-state index in [1.165, 1.54) is 29.2 Å². The van der Waals surface area contributed by atoms with Crippen LogP contribution < -0.4 is 15.8 Å². The van der Waals surface area contributed by atoms with Crippen molar-refractivity contribution < 1.29 is 13.2 Å². The summed E-state index contributed by atoms with van der Waals surface area (Å²) >= 11 is 0. The summed E-state index contributed by atoms with van der Waals surface area (Å²) in [4.78, 5) is 27.4. The Morgan fingerprint density at radius 1 is 1.07 bits per heavy atom. The number of piperazine rings is 1. The number of aromatic nitrogens is 4. The van der Waals surface area contributed by atoms with E-state index in [0.717, 1.165) is 19.2 Å². The van der Waals surface area contributed by atoms with Crippen LogP contribution >= 0.6 is 0 Å². The summed E-state index contributed by atoms with van der Waals surface area (Å²) in [6, 6.07) is 3.83. The van der Waals surface area contributed by atoms with Gasteiger partial charge in [0.2, 0.25) is 0 Å². The van der Waals surface area contributed by atoms with Crippen molar-refractivity contribution in [2.24, 2.45) is 0 Å². The fourth-order valence-electron chi connectivity index (χ4n) is 3.33. The van der Waals surface area contributed by atoms with Crippen LogP contribution in [-0.2, 0) is 12.7 Å². The molecule has 1 fully saturated rings. The Balaban J connectivity index is 1.87. The summed E-state index contributed by atoms with van der Waals surface area (Å²) in [5.74, 6) is 0. The van der Waals surface area contributed by atoms with Gasteiger partial charge in [0, 0.05) is 44.8 Å². The van der Waals surface area contributed by atoms with Crippen LogP contribution in [-0.4, -0.2) is 45.7 Å². The fourth-order valence-corrected chi connectivity index (χ4v) is 3.33. The zero-order valence-electron chi connectivity index (χ0n) is 14.8. The van der Waals surface area contributed by atoms with Crippen molar-refractivity contribution in [1.82, 2.24) is 24.8 Å². The minimum absolute atomic E-state index is 0.227.